The number of hydrogen-bond acceptors (Lipinski definition) is 23. The number of carboxylic acid groups (broad SMARTS) is 2. The standard InChI is InChI=1S/C33H29N9O17S5/c43-27(44)17-60-33-37-31(34-19-7-4-8-21(13-19)62(49,50)12-11-57-64(54,55)56)36-32(38-33)35-25-15-22(63(51,52)53)16-26(28(25)45)40-42-29(18-5-2-1-3-6-18)41-39-24-10-9-20(61-59-58-48)14-23(24)30(46)47/h1-10,13-16,39,45,48H,11-12,17H2,(H,43,44)(H,46,47)(H,51,52,53)(H,54,55,56)(H2,34,35,36,37,38). The second-order valence-corrected chi connectivity index (χ2v) is 18.3. The van der Waals surface area contributed by atoms with E-state index in [4.69, 9.17) is 9.81 Å². The Morgan fingerprint density at radius 2 is 1.52 bits per heavy atom. The summed E-state index contributed by atoms with van der Waals surface area (Å²) in [5.74, 6) is -5.93. The fourth-order valence-electron chi connectivity index (χ4n) is 4.81. The van der Waals surface area contributed by atoms with Crippen LogP contribution in [-0.2, 0) is 48.7 Å². The third-order valence-corrected chi connectivity index (χ3v) is 11.9. The Morgan fingerprint density at radius 3 is 2.17 bits per heavy atom. The van der Waals surface area contributed by atoms with Gasteiger partial charge in [0.15, 0.2) is 20.7 Å². The number of sulfone groups is 1. The van der Waals surface area contributed by atoms with E-state index in [0.29, 0.717) is 23.8 Å². The lowest BCUT2D eigenvalue weighted by Gasteiger charge is -2.13. The van der Waals surface area contributed by atoms with Crippen LogP contribution in [0.3, 0.4) is 0 Å². The lowest BCUT2D eigenvalue weighted by atomic mass is 10.2. The highest BCUT2D eigenvalue weighted by atomic mass is 32.3. The van der Waals surface area contributed by atoms with Gasteiger partial charge in [0.25, 0.3) is 10.1 Å². The molecule has 1 aromatic heterocycles. The van der Waals surface area contributed by atoms with Crippen molar-refractivity contribution in [1.82, 2.24) is 15.0 Å². The summed E-state index contributed by atoms with van der Waals surface area (Å²) in [7, 11) is -14.1. The van der Waals surface area contributed by atoms with Gasteiger partial charge < -0.3 is 26.0 Å². The van der Waals surface area contributed by atoms with Gasteiger partial charge in [-0.1, -0.05) is 53.2 Å². The number of aromatic hydroxyl groups is 1. The Bertz CT molecular complexity index is 2950. The van der Waals surface area contributed by atoms with Crippen LogP contribution in [0.25, 0.3) is 0 Å². The van der Waals surface area contributed by atoms with Crippen molar-refractivity contribution >= 4 is 107 Å². The molecule has 9 N–H and O–H groups in total. The molecule has 0 spiro atoms. The number of thioether (sulfide) groups is 1. The average Bonchev–Trinajstić information content (AvgIpc) is 3.23. The summed E-state index contributed by atoms with van der Waals surface area (Å²) < 4.78 is 99.4. The molecular formula is C33H29N9O17S5. The van der Waals surface area contributed by atoms with Crippen LogP contribution in [0.1, 0.15) is 15.9 Å². The number of rotatable bonds is 21. The van der Waals surface area contributed by atoms with E-state index in [-0.39, 0.29) is 49.2 Å². The van der Waals surface area contributed by atoms with E-state index in [0.717, 1.165) is 18.2 Å². The van der Waals surface area contributed by atoms with Crippen molar-refractivity contribution in [2.45, 2.75) is 19.8 Å². The van der Waals surface area contributed by atoms with E-state index in [2.05, 4.69) is 59.9 Å². The fourth-order valence-corrected chi connectivity index (χ4v) is 7.82. The highest BCUT2D eigenvalue weighted by Crippen LogP contribution is 2.39. The van der Waals surface area contributed by atoms with Gasteiger partial charge in [0.1, 0.15) is 5.69 Å². The molecule has 31 heteroatoms. The summed E-state index contributed by atoms with van der Waals surface area (Å²) in [6.45, 7) is -0.898. The minimum absolute atomic E-state index is 0.0327. The van der Waals surface area contributed by atoms with Gasteiger partial charge >= 0.3 is 22.3 Å². The van der Waals surface area contributed by atoms with E-state index < -0.39 is 88.4 Å². The first-order chi connectivity index (χ1) is 30.2. The van der Waals surface area contributed by atoms with E-state index in [1.807, 2.05) is 0 Å². The van der Waals surface area contributed by atoms with E-state index in [1.165, 1.54) is 48.5 Å². The highest BCUT2D eigenvalue weighted by molar-refractivity contribution is 7.99. The van der Waals surface area contributed by atoms with Crippen molar-refractivity contribution in [1.29, 1.82) is 0 Å². The molecule has 0 amide bonds. The van der Waals surface area contributed by atoms with Gasteiger partial charge in [0.2, 0.25) is 17.7 Å². The summed E-state index contributed by atoms with van der Waals surface area (Å²) in [5.41, 5.74) is 1.41. The Hall–Kier alpha value is -6.39. The maximum absolute atomic E-state index is 12.8. The first kappa shape index (κ1) is 48.6. The molecule has 0 aliphatic carbocycles. The predicted octanol–water partition coefficient (Wildman–Crippen LogP) is 4.77. The van der Waals surface area contributed by atoms with E-state index >= 15 is 0 Å². The van der Waals surface area contributed by atoms with Gasteiger partial charge in [-0.25, -0.2) is 22.7 Å². The van der Waals surface area contributed by atoms with Gasteiger partial charge in [-0.3, -0.25) is 19.3 Å². The molecule has 26 nitrogen and oxygen atoms in total. The summed E-state index contributed by atoms with van der Waals surface area (Å²) in [4.78, 5) is 34.8. The molecule has 0 aliphatic rings. The first-order valence-corrected chi connectivity index (χ1v) is 23.2. The van der Waals surface area contributed by atoms with Crippen LogP contribution in [0, 0.1) is 0 Å². The molecule has 0 atom stereocenters. The van der Waals surface area contributed by atoms with Crippen molar-refractivity contribution < 1.29 is 78.1 Å². The number of azo groups is 1. The van der Waals surface area contributed by atoms with Gasteiger partial charge in [-0.05, 0) is 48.5 Å². The number of phenols is 1. The number of hydrazone groups is 1. The van der Waals surface area contributed by atoms with Crippen LogP contribution in [0.5, 0.6) is 5.75 Å². The number of nitrogens with one attached hydrogen (secondary N) is 3. The molecule has 338 valence electrons. The number of benzene rings is 4. The number of anilines is 5. The molecule has 0 saturated carbocycles. The average molecular weight is 984 g/mol. The quantitative estimate of drug-likeness (QED) is 0.00550. The summed E-state index contributed by atoms with van der Waals surface area (Å²) in [6.07, 6.45) is 0. The molecular weight excluding hydrogens is 955 g/mol. The first-order valence-electron chi connectivity index (χ1n) is 17.0. The van der Waals surface area contributed by atoms with Gasteiger partial charge in [-0.2, -0.15) is 36.9 Å². The summed E-state index contributed by atoms with van der Waals surface area (Å²) in [5, 5.41) is 59.5. The Labute approximate surface area is 369 Å². The van der Waals surface area contributed by atoms with Crippen LogP contribution in [-0.4, -0.2) is 106 Å². The third-order valence-electron chi connectivity index (χ3n) is 7.53. The predicted molar refractivity (Wildman–Crippen MR) is 224 cm³/mol. The van der Waals surface area contributed by atoms with Crippen LogP contribution in [0.15, 0.2) is 120 Å². The molecule has 0 saturated heterocycles. The normalized spacial score (nSPS) is 12.3. The number of hydrogen-bond donors (Lipinski definition) is 9. The number of amidine groups is 1. The zero-order valence-corrected chi connectivity index (χ0v) is 35.7. The zero-order chi connectivity index (χ0) is 46.7. The van der Waals surface area contributed by atoms with Crippen molar-refractivity contribution in [3.63, 3.8) is 0 Å². The molecule has 0 radical (unpaired) electrons. The smallest absolute Gasteiger partial charge is 0.397 e. The van der Waals surface area contributed by atoms with E-state index in [1.54, 1.807) is 18.2 Å². The third kappa shape index (κ3) is 14.3. The molecule has 4 aromatic carbocycles. The van der Waals surface area contributed by atoms with Crippen molar-refractivity contribution in [2.24, 2.45) is 15.3 Å². The minimum atomic E-state index is -5.04. The monoisotopic (exact) mass is 983 g/mol. The Balaban J connectivity index is 1.51. The molecule has 0 unspecified atom stereocenters. The van der Waals surface area contributed by atoms with Gasteiger partial charge in [0, 0.05) is 16.1 Å². The highest BCUT2D eigenvalue weighted by Gasteiger charge is 2.21. The second kappa shape index (κ2) is 21.3. The number of phenolic OH excluding ortho intramolecular Hbond substituents is 1. The Kier molecular flexibility index (Phi) is 16.2. The number of carboxylic acids is 2. The maximum Gasteiger partial charge on any atom is 0.397 e. The van der Waals surface area contributed by atoms with Crippen molar-refractivity contribution in [3.8, 4) is 5.75 Å². The number of aromatic carboxylic acids is 1. The molecule has 0 fully saturated rings. The molecule has 5 rings (SSSR count). The maximum atomic E-state index is 12.8. The lowest BCUT2D eigenvalue weighted by Crippen LogP contribution is -2.15. The van der Waals surface area contributed by atoms with Gasteiger partial charge in [-0.15, -0.1) is 14.6 Å². The zero-order valence-electron chi connectivity index (χ0n) is 31.6. The minimum Gasteiger partial charge on any atom is -0.504 e. The fraction of sp³-hybridized carbons (Fsp3) is 0.0909. The molecule has 0 bridgehead atoms. The number of nitrogens with zero attached hydrogens (tertiary/aromatic N) is 6. The summed E-state index contributed by atoms with van der Waals surface area (Å²) >= 11 is 1.11. The molecule has 64 heavy (non-hydrogen) atoms. The number of aromatic nitrogens is 3. The molecule has 1 heterocycles. The summed E-state index contributed by atoms with van der Waals surface area (Å²) in [6, 6.07) is 18.3. The number of aliphatic carboxylic acids is 1. The van der Waals surface area contributed by atoms with Crippen LogP contribution >= 0.6 is 23.8 Å². The van der Waals surface area contributed by atoms with Crippen LogP contribution in [0.4, 0.5) is 34.6 Å². The second-order valence-electron chi connectivity index (χ2n) is 12.0. The molecule has 5 aromatic rings. The number of carbonyl (C=O) groups is 2. The molecule has 0 aliphatic heterocycles. The van der Waals surface area contributed by atoms with Gasteiger partial charge in [0.05, 0.1) is 56.9 Å². The van der Waals surface area contributed by atoms with Crippen LogP contribution < -0.4 is 16.1 Å². The van der Waals surface area contributed by atoms with E-state index in [9.17, 15) is 54.7 Å². The topological polar surface area (TPSA) is 397 Å². The SMILES string of the molecule is O=C(O)CSc1nc(Nc2cccc(S(=O)(=O)CCOS(=O)(=O)O)c2)nc(Nc2cc(S(=O)(=O)O)cc(N=NC(=NNc3ccc(SOOO)cc3C(=O)O)c3ccccc3)c2O)n1. The van der Waals surface area contributed by atoms with Crippen molar-refractivity contribution in [2.75, 3.05) is 34.2 Å². The van der Waals surface area contributed by atoms with Crippen molar-refractivity contribution in [3.05, 3.63) is 96.1 Å². The van der Waals surface area contributed by atoms with Crippen LogP contribution in [0.2, 0.25) is 0 Å². The largest absolute Gasteiger partial charge is 0.504 e. The Morgan fingerprint density at radius 1 is 0.797 bits per heavy atom. The lowest BCUT2D eigenvalue weighted by molar-refractivity contribution is -0.432.